The number of rotatable bonds is 6. The first kappa shape index (κ1) is 13.8. The maximum Gasteiger partial charge on any atom is 0.344 e. The summed E-state index contributed by atoms with van der Waals surface area (Å²) in [4.78, 5) is 35.0. The third kappa shape index (κ3) is 7.22. The lowest BCUT2D eigenvalue weighted by molar-refractivity contribution is -0.143. The standard InChI is InChI=1S/C8H12N4O4/c1-2-16-8(15)5-11-6(13)3-10-7(14)4-12-9/h4H,2-3,5H2,1H3,(H,10,14)(H,11,13). The van der Waals surface area contributed by atoms with E-state index < -0.39 is 17.8 Å². The van der Waals surface area contributed by atoms with E-state index in [2.05, 4.69) is 20.2 Å². The highest BCUT2D eigenvalue weighted by molar-refractivity contribution is 6.24. The summed E-state index contributed by atoms with van der Waals surface area (Å²) in [5.41, 5.74) is 7.98. The van der Waals surface area contributed by atoms with Crippen LogP contribution in [0.3, 0.4) is 0 Å². The van der Waals surface area contributed by atoms with E-state index in [1.54, 1.807) is 6.92 Å². The Kier molecular flexibility index (Phi) is 7.00. The van der Waals surface area contributed by atoms with Gasteiger partial charge in [0.15, 0.2) is 0 Å². The van der Waals surface area contributed by atoms with Gasteiger partial charge >= 0.3 is 18.1 Å². The Morgan fingerprint density at radius 3 is 2.56 bits per heavy atom. The predicted octanol–water partition coefficient (Wildman–Crippen LogP) is -1.92. The molecule has 16 heavy (non-hydrogen) atoms. The Hall–Kier alpha value is -2.21. The molecular formula is C8H12N4O4. The van der Waals surface area contributed by atoms with E-state index in [4.69, 9.17) is 5.53 Å². The number of hydrogen-bond acceptors (Lipinski definition) is 4. The van der Waals surface area contributed by atoms with Crippen molar-refractivity contribution < 1.29 is 23.9 Å². The molecule has 0 rings (SSSR count). The minimum absolute atomic E-state index is 0.235. The van der Waals surface area contributed by atoms with Crippen molar-refractivity contribution in [2.24, 2.45) is 0 Å². The van der Waals surface area contributed by atoms with Crippen molar-refractivity contribution in [1.29, 1.82) is 0 Å². The van der Waals surface area contributed by atoms with E-state index in [0.717, 1.165) is 0 Å². The van der Waals surface area contributed by atoms with Crippen molar-refractivity contribution in [1.82, 2.24) is 10.6 Å². The molecule has 0 aliphatic carbocycles. The number of carbonyl (C=O) groups is 3. The van der Waals surface area contributed by atoms with Gasteiger partial charge < -0.3 is 20.9 Å². The van der Waals surface area contributed by atoms with Crippen molar-refractivity contribution in [2.45, 2.75) is 6.92 Å². The van der Waals surface area contributed by atoms with Gasteiger partial charge in [0.2, 0.25) is 5.91 Å². The quantitative estimate of drug-likeness (QED) is 0.238. The zero-order valence-corrected chi connectivity index (χ0v) is 8.73. The lowest BCUT2D eigenvalue weighted by Crippen LogP contribution is -2.39. The molecule has 0 unspecified atom stereocenters. The summed E-state index contributed by atoms with van der Waals surface area (Å²) >= 11 is 0. The average Bonchev–Trinajstić information content (AvgIpc) is 2.24. The molecule has 0 aliphatic heterocycles. The Bertz CT molecular complexity index is 322. The largest absolute Gasteiger partial charge is 0.465 e. The minimum atomic E-state index is -0.714. The van der Waals surface area contributed by atoms with Gasteiger partial charge in [-0.2, -0.15) is 4.79 Å². The van der Waals surface area contributed by atoms with E-state index in [-0.39, 0.29) is 19.7 Å². The minimum Gasteiger partial charge on any atom is -0.465 e. The summed E-state index contributed by atoms with van der Waals surface area (Å²) in [7, 11) is 0. The third-order valence-corrected chi connectivity index (χ3v) is 1.33. The average molecular weight is 228 g/mol. The van der Waals surface area contributed by atoms with Crippen molar-refractivity contribution in [2.75, 3.05) is 19.7 Å². The normalized spacial score (nSPS) is 8.56. The van der Waals surface area contributed by atoms with E-state index in [1.807, 2.05) is 0 Å². The molecule has 0 atom stereocenters. The Labute approximate surface area is 91.6 Å². The molecule has 0 saturated heterocycles. The first-order chi connectivity index (χ1) is 7.60. The van der Waals surface area contributed by atoms with Crippen molar-refractivity contribution >= 4 is 24.0 Å². The molecule has 2 N–H and O–H groups in total. The molecule has 0 saturated carbocycles. The second-order valence-corrected chi connectivity index (χ2v) is 2.54. The summed E-state index contributed by atoms with van der Waals surface area (Å²) in [6.07, 6.45) is 0.610. The summed E-state index contributed by atoms with van der Waals surface area (Å²) in [6, 6.07) is 0. The van der Waals surface area contributed by atoms with Crippen LogP contribution in [0.2, 0.25) is 0 Å². The van der Waals surface area contributed by atoms with Crippen LogP contribution in [-0.2, 0) is 19.1 Å². The highest BCUT2D eigenvalue weighted by Gasteiger charge is 2.07. The highest BCUT2D eigenvalue weighted by atomic mass is 16.5. The fourth-order valence-electron chi connectivity index (χ4n) is 0.711. The second kappa shape index (κ2) is 8.13. The molecule has 0 aromatic rings. The smallest absolute Gasteiger partial charge is 0.344 e. The van der Waals surface area contributed by atoms with Crippen LogP contribution in [0.1, 0.15) is 6.92 Å². The van der Waals surface area contributed by atoms with Crippen LogP contribution in [-0.4, -0.2) is 48.5 Å². The van der Waals surface area contributed by atoms with Gasteiger partial charge in [-0.05, 0) is 6.92 Å². The van der Waals surface area contributed by atoms with E-state index in [9.17, 15) is 14.4 Å². The molecule has 88 valence electrons. The van der Waals surface area contributed by atoms with Crippen LogP contribution < -0.4 is 10.6 Å². The number of amides is 2. The Balaban J connectivity index is 3.71. The van der Waals surface area contributed by atoms with Gasteiger partial charge in [0, 0.05) is 0 Å². The maximum atomic E-state index is 11.0. The molecule has 0 radical (unpaired) electrons. The predicted molar refractivity (Wildman–Crippen MR) is 52.3 cm³/mol. The van der Waals surface area contributed by atoms with Crippen molar-refractivity contribution in [3.05, 3.63) is 5.53 Å². The monoisotopic (exact) mass is 228 g/mol. The number of nitrogens with zero attached hydrogens (tertiary/aromatic N) is 2. The zero-order valence-electron chi connectivity index (χ0n) is 8.73. The topological polar surface area (TPSA) is 121 Å². The Morgan fingerprint density at radius 2 is 2.00 bits per heavy atom. The fourth-order valence-corrected chi connectivity index (χ4v) is 0.711. The van der Waals surface area contributed by atoms with Gasteiger partial charge in [-0.1, -0.05) is 0 Å². The van der Waals surface area contributed by atoms with E-state index in [1.165, 1.54) is 0 Å². The van der Waals surface area contributed by atoms with Crippen LogP contribution in [0.5, 0.6) is 0 Å². The van der Waals surface area contributed by atoms with Crippen LogP contribution in [0.15, 0.2) is 0 Å². The molecular weight excluding hydrogens is 216 g/mol. The summed E-state index contributed by atoms with van der Waals surface area (Å²) < 4.78 is 4.56. The van der Waals surface area contributed by atoms with Gasteiger partial charge in [-0.3, -0.25) is 14.4 Å². The first-order valence-corrected chi connectivity index (χ1v) is 4.47. The number of esters is 1. The summed E-state index contributed by atoms with van der Waals surface area (Å²) in [5.74, 6) is -1.82. The number of nitrogens with one attached hydrogen (secondary N) is 2. The molecule has 8 heteroatoms. The molecule has 0 aromatic carbocycles. The number of carbonyl (C=O) groups excluding carboxylic acids is 3. The maximum absolute atomic E-state index is 11.0. The van der Waals surface area contributed by atoms with Crippen molar-refractivity contribution in [3.63, 3.8) is 0 Å². The fraction of sp³-hybridized carbons (Fsp3) is 0.500. The van der Waals surface area contributed by atoms with E-state index >= 15 is 0 Å². The number of hydrogen-bond donors (Lipinski definition) is 2. The highest BCUT2D eigenvalue weighted by Crippen LogP contribution is 1.75. The first-order valence-electron chi connectivity index (χ1n) is 4.47. The van der Waals surface area contributed by atoms with Crippen LogP contribution in [0.4, 0.5) is 0 Å². The molecule has 0 spiro atoms. The molecule has 0 aliphatic rings. The van der Waals surface area contributed by atoms with Gasteiger partial charge in [0.05, 0.1) is 13.2 Å². The summed E-state index contributed by atoms with van der Waals surface area (Å²) in [5, 5.41) is 4.36. The number of ether oxygens (including phenoxy) is 1. The van der Waals surface area contributed by atoms with Crippen molar-refractivity contribution in [3.8, 4) is 0 Å². The molecule has 0 bridgehead atoms. The van der Waals surface area contributed by atoms with Gasteiger partial charge in [-0.15, -0.1) is 0 Å². The van der Waals surface area contributed by atoms with Gasteiger partial charge in [0.1, 0.15) is 6.54 Å². The SMILES string of the molecule is CCOC(=O)CNC(=O)CNC(=O)C=[N+]=[N-]. The van der Waals surface area contributed by atoms with Crippen LogP contribution >= 0.6 is 0 Å². The van der Waals surface area contributed by atoms with Crippen LogP contribution in [0, 0.1) is 0 Å². The molecule has 0 heterocycles. The third-order valence-electron chi connectivity index (χ3n) is 1.33. The molecule has 2 amide bonds. The zero-order chi connectivity index (χ0) is 12.4. The summed E-state index contributed by atoms with van der Waals surface area (Å²) in [6.45, 7) is 1.31. The molecule has 0 aromatic heterocycles. The van der Waals surface area contributed by atoms with Crippen LogP contribution in [0.25, 0.3) is 5.53 Å². The lowest BCUT2D eigenvalue weighted by atomic mass is 10.5. The molecule has 0 fully saturated rings. The van der Waals surface area contributed by atoms with Gasteiger partial charge in [0.25, 0.3) is 0 Å². The second-order valence-electron chi connectivity index (χ2n) is 2.54. The van der Waals surface area contributed by atoms with E-state index in [0.29, 0.717) is 6.21 Å². The Morgan fingerprint density at radius 1 is 1.31 bits per heavy atom. The van der Waals surface area contributed by atoms with Gasteiger partial charge in [-0.25, -0.2) is 0 Å². The molecule has 8 nitrogen and oxygen atoms in total. The lowest BCUT2D eigenvalue weighted by Gasteiger charge is -2.04.